The number of ether oxygens (including phenoxy) is 3. The number of carbonyl (C=O) groups excluding carboxylic acids is 2. The van der Waals surface area contributed by atoms with Crippen LogP contribution in [0.25, 0.3) is 0 Å². The highest BCUT2D eigenvalue weighted by Gasteiger charge is 2.37. The number of pyridine rings is 1. The first-order valence-corrected chi connectivity index (χ1v) is 7.60. The fraction of sp³-hybridized carbons (Fsp3) is 0.500. The van der Waals surface area contributed by atoms with Gasteiger partial charge in [-0.15, -0.1) is 0 Å². The molecule has 0 bridgehead atoms. The van der Waals surface area contributed by atoms with Gasteiger partial charge in [0.25, 0.3) is 0 Å². The highest BCUT2D eigenvalue weighted by molar-refractivity contribution is 5.86. The van der Waals surface area contributed by atoms with Crippen LogP contribution < -0.4 is 5.32 Å². The summed E-state index contributed by atoms with van der Waals surface area (Å²) in [7, 11) is 0. The number of anilines is 1. The Morgan fingerprint density at radius 1 is 1.38 bits per heavy atom. The standard InChI is InChI=1S/C16H21N3O5/c1-5-22-14(20)11-12(23-9-18-11)10-7-6-8-17-13(10)19-15(21)24-16(2,3)4/h6-9,11-12H,5H2,1-4H3,(H,17,19,21)/t11-,12-/m1/s1. The van der Waals surface area contributed by atoms with Gasteiger partial charge in [0.05, 0.1) is 6.61 Å². The summed E-state index contributed by atoms with van der Waals surface area (Å²) in [6.07, 6.45) is 1.36. The first-order chi connectivity index (χ1) is 11.3. The van der Waals surface area contributed by atoms with Crippen LogP contribution in [0, 0.1) is 0 Å². The summed E-state index contributed by atoms with van der Waals surface area (Å²) in [5.41, 5.74) is -0.127. The van der Waals surface area contributed by atoms with Crippen molar-refractivity contribution in [3.05, 3.63) is 23.9 Å². The Morgan fingerprint density at radius 3 is 2.79 bits per heavy atom. The topological polar surface area (TPSA) is 99.1 Å². The highest BCUT2D eigenvalue weighted by atomic mass is 16.6. The van der Waals surface area contributed by atoms with E-state index in [1.165, 1.54) is 12.6 Å². The van der Waals surface area contributed by atoms with E-state index >= 15 is 0 Å². The molecule has 8 nitrogen and oxygen atoms in total. The van der Waals surface area contributed by atoms with Crippen LogP contribution in [0.3, 0.4) is 0 Å². The Labute approximate surface area is 140 Å². The summed E-state index contributed by atoms with van der Waals surface area (Å²) in [6.45, 7) is 7.24. The van der Waals surface area contributed by atoms with E-state index in [2.05, 4.69) is 15.3 Å². The maximum Gasteiger partial charge on any atom is 0.413 e. The van der Waals surface area contributed by atoms with Gasteiger partial charge in [0, 0.05) is 11.8 Å². The molecule has 1 amide bonds. The summed E-state index contributed by atoms with van der Waals surface area (Å²) >= 11 is 0. The van der Waals surface area contributed by atoms with E-state index in [-0.39, 0.29) is 12.4 Å². The predicted octanol–water partition coefficient (Wildman–Crippen LogP) is 2.46. The summed E-state index contributed by atoms with van der Waals surface area (Å²) in [6, 6.07) is 2.54. The lowest BCUT2D eigenvalue weighted by atomic mass is 10.0. The van der Waals surface area contributed by atoms with E-state index in [1.54, 1.807) is 39.8 Å². The van der Waals surface area contributed by atoms with Gasteiger partial charge in [0.1, 0.15) is 11.4 Å². The smallest absolute Gasteiger partial charge is 0.413 e. The van der Waals surface area contributed by atoms with Crippen LogP contribution in [-0.2, 0) is 19.0 Å². The van der Waals surface area contributed by atoms with Crippen molar-refractivity contribution < 1.29 is 23.8 Å². The normalized spacial score (nSPS) is 19.5. The number of esters is 1. The summed E-state index contributed by atoms with van der Waals surface area (Å²) in [4.78, 5) is 32.1. The molecule has 0 aliphatic carbocycles. The minimum absolute atomic E-state index is 0.244. The molecule has 0 aromatic carbocycles. The van der Waals surface area contributed by atoms with E-state index in [1.807, 2.05) is 0 Å². The van der Waals surface area contributed by atoms with E-state index in [9.17, 15) is 9.59 Å². The maximum absolute atomic E-state index is 12.0. The third-order valence-corrected chi connectivity index (χ3v) is 3.01. The second-order valence-corrected chi connectivity index (χ2v) is 6.08. The number of aliphatic imine (C=N–C) groups is 1. The van der Waals surface area contributed by atoms with Crippen LogP contribution in [0.2, 0.25) is 0 Å². The highest BCUT2D eigenvalue weighted by Crippen LogP contribution is 2.31. The second kappa shape index (κ2) is 7.29. The fourth-order valence-electron chi connectivity index (χ4n) is 2.13. The molecule has 1 aliphatic heterocycles. The van der Waals surface area contributed by atoms with Gasteiger partial charge < -0.3 is 14.2 Å². The molecule has 1 aromatic rings. The largest absolute Gasteiger partial charge is 0.473 e. The van der Waals surface area contributed by atoms with Crippen molar-refractivity contribution in [2.75, 3.05) is 11.9 Å². The summed E-state index contributed by atoms with van der Waals surface area (Å²) < 4.78 is 15.6. The molecular weight excluding hydrogens is 314 g/mol. The summed E-state index contributed by atoms with van der Waals surface area (Å²) in [5.74, 6) is -0.250. The van der Waals surface area contributed by atoms with Crippen LogP contribution >= 0.6 is 0 Å². The molecule has 1 N–H and O–H groups in total. The monoisotopic (exact) mass is 335 g/mol. The van der Waals surface area contributed by atoms with Gasteiger partial charge >= 0.3 is 12.1 Å². The zero-order valence-corrected chi connectivity index (χ0v) is 14.1. The SMILES string of the molecule is CCOC(=O)[C@@H]1N=CO[C@@H]1c1cccnc1NC(=O)OC(C)(C)C. The van der Waals surface area contributed by atoms with Crippen molar-refractivity contribution in [1.29, 1.82) is 0 Å². The minimum Gasteiger partial charge on any atom is -0.473 e. The molecule has 0 fully saturated rings. The Kier molecular flexibility index (Phi) is 5.38. The van der Waals surface area contributed by atoms with E-state index in [0.29, 0.717) is 5.56 Å². The van der Waals surface area contributed by atoms with Crippen molar-refractivity contribution in [3.63, 3.8) is 0 Å². The number of nitrogens with zero attached hydrogens (tertiary/aromatic N) is 2. The van der Waals surface area contributed by atoms with Gasteiger partial charge in [-0.05, 0) is 39.8 Å². The number of nitrogens with one attached hydrogen (secondary N) is 1. The lowest BCUT2D eigenvalue weighted by Gasteiger charge is -2.21. The van der Waals surface area contributed by atoms with Crippen molar-refractivity contribution >= 4 is 24.3 Å². The molecule has 2 rings (SSSR count). The van der Waals surface area contributed by atoms with E-state index in [4.69, 9.17) is 14.2 Å². The number of carbonyl (C=O) groups is 2. The third kappa shape index (κ3) is 4.43. The number of hydrogen-bond donors (Lipinski definition) is 1. The molecule has 0 radical (unpaired) electrons. The lowest BCUT2D eigenvalue weighted by molar-refractivity contribution is -0.146. The molecule has 2 atom stereocenters. The van der Waals surface area contributed by atoms with Gasteiger partial charge in [0.15, 0.2) is 18.5 Å². The first kappa shape index (κ1) is 17.7. The van der Waals surface area contributed by atoms with Gasteiger partial charge in [0.2, 0.25) is 0 Å². The first-order valence-electron chi connectivity index (χ1n) is 7.60. The van der Waals surface area contributed by atoms with Crippen LogP contribution in [0.15, 0.2) is 23.3 Å². The van der Waals surface area contributed by atoms with Crippen LogP contribution in [0.4, 0.5) is 10.6 Å². The molecule has 0 unspecified atom stereocenters. The Bertz CT molecular complexity index is 639. The number of amides is 1. The van der Waals surface area contributed by atoms with Gasteiger partial charge in [-0.3, -0.25) is 5.32 Å². The van der Waals surface area contributed by atoms with Crippen molar-refractivity contribution in [2.24, 2.45) is 4.99 Å². The molecule has 0 saturated carbocycles. The Balaban J connectivity index is 2.19. The fourth-order valence-corrected chi connectivity index (χ4v) is 2.13. The quantitative estimate of drug-likeness (QED) is 0.849. The Morgan fingerprint density at radius 2 is 2.12 bits per heavy atom. The molecule has 0 saturated heterocycles. The molecule has 0 spiro atoms. The number of rotatable bonds is 4. The van der Waals surface area contributed by atoms with Gasteiger partial charge in [-0.1, -0.05) is 0 Å². The second-order valence-electron chi connectivity index (χ2n) is 6.08. The lowest BCUT2D eigenvalue weighted by Crippen LogP contribution is -2.30. The van der Waals surface area contributed by atoms with Crippen LogP contribution in [0.5, 0.6) is 0 Å². The molecule has 8 heteroatoms. The molecule has 2 heterocycles. The van der Waals surface area contributed by atoms with E-state index < -0.39 is 29.8 Å². The van der Waals surface area contributed by atoms with Crippen molar-refractivity contribution in [3.8, 4) is 0 Å². The average molecular weight is 335 g/mol. The zero-order chi connectivity index (χ0) is 17.7. The van der Waals surface area contributed by atoms with Gasteiger partial charge in [-0.2, -0.15) is 0 Å². The molecule has 1 aliphatic rings. The van der Waals surface area contributed by atoms with Crippen molar-refractivity contribution in [2.45, 2.75) is 45.4 Å². The molecule has 1 aromatic heterocycles. The maximum atomic E-state index is 12.0. The van der Waals surface area contributed by atoms with Crippen LogP contribution in [-0.4, -0.2) is 41.7 Å². The third-order valence-electron chi connectivity index (χ3n) is 3.01. The average Bonchev–Trinajstić information content (AvgIpc) is 2.95. The minimum atomic E-state index is -0.840. The molecule has 24 heavy (non-hydrogen) atoms. The van der Waals surface area contributed by atoms with Crippen molar-refractivity contribution in [1.82, 2.24) is 4.98 Å². The number of aromatic nitrogens is 1. The molecule has 130 valence electrons. The Hall–Kier alpha value is -2.64. The zero-order valence-electron chi connectivity index (χ0n) is 14.1. The van der Waals surface area contributed by atoms with E-state index in [0.717, 1.165) is 0 Å². The van der Waals surface area contributed by atoms with Crippen LogP contribution in [0.1, 0.15) is 39.4 Å². The number of hydrogen-bond acceptors (Lipinski definition) is 7. The predicted molar refractivity (Wildman–Crippen MR) is 86.8 cm³/mol. The van der Waals surface area contributed by atoms with Gasteiger partial charge in [-0.25, -0.2) is 19.6 Å². The molecular formula is C16H21N3O5. The summed E-state index contributed by atoms with van der Waals surface area (Å²) in [5, 5.41) is 2.58.